The normalized spacial score (nSPS) is 23.3. The first kappa shape index (κ1) is 34.4. The third kappa shape index (κ3) is 6.45. The van der Waals surface area contributed by atoms with Crippen LogP contribution in [-0.4, -0.2) is 67.8 Å². The molecule has 9 nitrogen and oxygen atoms in total. The Kier molecular flexibility index (Phi) is 9.61. The van der Waals surface area contributed by atoms with Gasteiger partial charge in [-0.15, -0.1) is 0 Å². The van der Waals surface area contributed by atoms with Crippen molar-refractivity contribution in [1.82, 2.24) is 14.5 Å². The van der Waals surface area contributed by atoms with Crippen molar-refractivity contribution in [3.05, 3.63) is 98.8 Å². The Hall–Kier alpha value is -3.51. The van der Waals surface area contributed by atoms with Crippen LogP contribution in [0.5, 0.6) is 0 Å². The van der Waals surface area contributed by atoms with Gasteiger partial charge in [0.15, 0.2) is 0 Å². The van der Waals surface area contributed by atoms with E-state index in [0.717, 1.165) is 11.8 Å². The minimum Gasteiger partial charge on any atom is -0.354 e. The monoisotopic (exact) mass is 714 g/mol. The molecule has 3 aliphatic heterocycles. The van der Waals surface area contributed by atoms with Crippen LogP contribution in [0.1, 0.15) is 47.6 Å². The molecular formula is C35H37Cl2FN4O5S. The summed E-state index contributed by atoms with van der Waals surface area (Å²) in [6.07, 6.45) is 2.22. The molecule has 0 saturated carbocycles. The number of amides is 3. The summed E-state index contributed by atoms with van der Waals surface area (Å²) in [6, 6.07) is 16.0. The molecule has 2 N–H and O–H groups in total. The van der Waals surface area contributed by atoms with Crippen molar-refractivity contribution in [2.24, 2.45) is 11.8 Å². The molecule has 254 valence electrons. The number of hydrogen-bond acceptors (Lipinski definition) is 5. The second kappa shape index (κ2) is 13.4. The number of benzene rings is 3. The van der Waals surface area contributed by atoms with Gasteiger partial charge in [-0.25, -0.2) is 17.1 Å². The average Bonchev–Trinajstić information content (AvgIpc) is 3.31. The van der Waals surface area contributed by atoms with E-state index in [9.17, 15) is 27.2 Å². The van der Waals surface area contributed by atoms with E-state index in [4.69, 9.17) is 23.2 Å². The number of aryl methyl sites for hydroxylation is 1. The van der Waals surface area contributed by atoms with Gasteiger partial charge in [0, 0.05) is 54.3 Å². The molecule has 0 aromatic heterocycles. The van der Waals surface area contributed by atoms with Crippen LogP contribution in [-0.2, 0) is 36.2 Å². The van der Waals surface area contributed by atoms with Crippen LogP contribution in [0.2, 0.25) is 10.0 Å². The summed E-state index contributed by atoms with van der Waals surface area (Å²) >= 11 is 12.9. The minimum atomic E-state index is -3.33. The smallest absolute Gasteiger partial charge is 0.237 e. The Morgan fingerprint density at radius 3 is 2.48 bits per heavy atom. The number of hydrogen-bond donors (Lipinski definition) is 2. The van der Waals surface area contributed by atoms with Crippen molar-refractivity contribution in [1.29, 1.82) is 0 Å². The Morgan fingerprint density at radius 1 is 1.04 bits per heavy atom. The van der Waals surface area contributed by atoms with Crippen LogP contribution in [0, 0.1) is 24.6 Å². The number of piperidine rings is 2. The number of nitrogens with one attached hydrogen (secondary N) is 2. The van der Waals surface area contributed by atoms with Crippen molar-refractivity contribution < 1.29 is 27.2 Å². The van der Waals surface area contributed by atoms with Gasteiger partial charge in [-0.05, 0) is 90.8 Å². The lowest BCUT2D eigenvalue weighted by molar-refractivity contribution is -0.149. The molecule has 6 rings (SSSR count). The number of halogens is 3. The molecule has 2 saturated heterocycles. The zero-order chi connectivity index (χ0) is 34.4. The quantitative estimate of drug-likeness (QED) is 0.331. The van der Waals surface area contributed by atoms with E-state index in [0.29, 0.717) is 45.3 Å². The molecule has 1 spiro atoms. The molecule has 1 unspecified atom stereocenters. The lowest BCUT2D eigenvalue weighted by Crippen LogP contribution is -2.60. The number of fused-ring (bicyclic) bond motifs is 2. The minimum absolute atomic E-state index is 0.000400. The van der Waals surface area contributed by atoms with Gasteiger partial charge in [0.25, 0.3) is 0 Å². The summed E-state index contributed by atoms with van der Waals surface area (Å²) in [5.41, 5.74) is 2.12. The fourth-order valence-corrected chi connectivity index (χ4v) is 8.98. The van der Waals surface area contributed by atoms with E-state index in [1.165, 1.54) is 16.4 Å². The van der Waals surface area contributed by atoms with E-state index >= 15 is 0 Å². The van der Waals surface area contributed by atoms with Crippen molar-refractivity contribution in [2.75, 3.05) is 37.8 Å². The zero-order valence-electron chi connectivity index (χ0n) is 26.6. The highest BCUT2D eigenvalue weighted by molar-refractivity contribution is 7.88. The number of sulfonamides is 1. The van der Waals surface area contributed by atoms with Crippen LogP contribution in [0.15, 0.2) is 60.7 Å². The Morgan fingerprint density at radius 2 is 1.77 bits per heavy atom. The lowest BCUT2D eigenvalue weighted by atomic mass is 9.59. The Balaban J connectivity index is 1.37. The van der Waals surface area contributed by atoms with Gasteiger partial charge in [0.2, 0.25) is 27.7 Å². The SMILES string of the molecule is Cc1ccc(F)cc1CC1CC(=O)N(CCNC(=O)C2CCN(S(C)(=O)=O)CC2)[C@@H](c2cccc(Cl)c2)[C@]12C(=O)Nc1cc(Cl)ccc12. The topological polar surface area (TPSA) is 116 Å². The molecule has 48 heavy (non-hydrogen) atoms. The first-order valence-corrected chi connectivity index (χ1v) is 18.5. The van der Waals surface area contributed by atoms with Crippen LogP contribution in [0.4, 0.5) is 10.1 Å². The van der Waals surface area contributed by atoms with E-state index in [1.54, 1.807) is 41.3 Å². The summed E-state index contributed by atoms with van der Waals surface area (Å²) in [4.78, 5) is 43.6. The van der Waals surface area contributed by atoms with Crippen LogP contribution in [0.3, 0.4) is 0 Å². The summed E-state index contributed by atoms with van der Waals surface area (Å²) < 4.78 is 39.7. The van der Waals surface area contributed by atoms with Crippen molar-refractivity contribution >= 4 is 56.6 Å². The van der Waals surface area contributed by atoms with Gasteiger partial charge in [0.05, 0.1) is 12.3 Å². The molecular weight excluding hydrogens is 678 g/mol. The van der Waals surface area contributed by atoms with Gasteiger partial charge in [0.1, 0.15) is 11.2 Å². The number of rotatable bonds is 8. The van der Waals surface area contributed by atoms with Crippen LogP contribution >= 0.6 is 23.2 Å². The molecule has 0 bridgehead atoms. The summed E-state index contributed by atoms with van der Waals surface area (Å²) in [6.45, 7) is 2.64. The first-order chi connectivity index (χ1) is 22.8. The predicted octanol–water partition coefficient (Wildman–Crippen LogP) is 5.25. The first-order valence-electron chi connectivity index (χ1n) is 15.9. The van der Waals surface area contributed by atoms with Crippen LogP contribution < -0.4 is 10.6 Å². The molecule has 3 heterocycles. The summed E-state index contributed by atoms with van der Waals surface area (Å²) in [5.74, 6) is -2.05. The maximum atomic E-state index is 14.6. The van der Waals surface area contributed by atoms with Gasteiger partial charge < -0.3 is 15.5 Å². The molecule has 3 atom stereocenters. The number of carbonyl (C=O) groups excluding carboxylic acids is 3. The maximum absolute atomic E-state index is 14.6. The number of carbonyl (C=O) groups is 3. The standard InChI is InChI=1S/C35H37Cl2FN4O5S/c1-21-6-8-28(38)18-24(21)16-25-19-31(43)42(15-12-39-33(44)22-10-13-41(14-11-22)48(2,46)47)32(23-4-3-5-26(36)17-23)35(25)29-9-7-27(37)20-30(29)40-34(35)45/h3-9,17-18,20,22,25,32H,10-16,19H2,1-2H3,(H,39,44)(H,40,45)/t25?,32-,35-/m0/s1. The van der Waals surface area contributed by atoms with Crippen LogP contribution in [0.25, 0.3) is 0 Å². The van der Waals surface area contributed by atoms with Crippen molar-refractivity contribution in [3.8, 4) is 0 Å². The predicted molar refractivity (Wildman–Crippen MR) is 183 cm³/mol. The fourth-order valence-electron chi connectivity index (χ4n) is 7.73. The molecule has 3 aliphatic rings. The molecule has 3 aromatic carbocycles. The largest absolute Gasteiger partial charge is 0.354 e. The van der Waals surface area contributed by atoms with Crippen molar-refractivity contribution in [3.63, 3.8) is 0 Å². The molecule has 0 aliphatic carbocycles. The van der Waals surface area contributed by atoms with Gasteiger partial charge >= 0.3 is 0 Å². The summed E-state index contributed by atoms with van der Waals surface area (Å²) in [7, 11) is -3.33. The maximum Gasteiger partial charge on any atom is 0.237 e. The molecule has 3 aromatic rings. The second-order valence-corrected chi connectivity index (χ2v) is 15.8. The zero-order valence-corrected chi connectivity index (χ0v) is 29.0. The van der Waals surface area contributed by atoms with E-state index in [1.807, 2.05) is 19.1 Å². The van der Waals surface area contributed by atoms with E-state index in [2.05, 4.69) is 10.6 Å². The van der Waals surface area contributed by atoms with Crippen molar-refractivity contribution in [2.45, 2.75) is 44.1 Å². The molecule has 2 fully saturated rings. The van der Waals surface area contributed by atoms with Gasteiger partial charge in [-0.3, -0.25) is 14.4 Å². The Labute approximate surface area is 289 Å². The number of likely N-dealkylation sites (tertiary alicyclic amines) is 1. The van der Waals surface area contributed by atoms with E-state index in [-0.39, 0.29) is 62.7 Å². The number of nitrogens with zero attached hydrogens (tertiary/aromatic N) is 2. The Bertz CT molecular complexity index is 1880. The third-order valence-corrected chi connectivity index (χ3v) is 11.8. The highest BCUT2D eigenvalue weighted by Crippen LogP contribution is 2.58. The third-order valence-electron chi connectivity index (χ3n) is 10.1. The molecule has 13 heteroatoms. The van der Waals surface area contributed by atoms with Gasteiger partial charge in [-0.1, -0.05) is 47.5 Å². The molecule has 0 radical (unpaired) electrons. The molecule has 3 amide bonds. The highest BCUT2D eigenvalue weighted by Gasteiger charge is 2.62. The fraction of sp³-hybridized carbons (Fsp3) is 0.400. The van der Waals surface area contributed by atoms with Gasteiger partial charge in [-0.2, -0.15) is 0 Å². The highest BCUT2D eigenvalue weighted by atomic mass is 35.5. The van der Waals surface area contributed by atoms with E-state index < -0.39 is 33.2 Å². The summed E-state index contributed by atoms with van der Waals surface area (Å²) in [5, 5.41) is 6.86. The second-order valence-electron chi connectivity index (χ2n) is 13.0. The lowest BCUT2D eigenvalue weighted by Gasteiger charge is -2.51. The number of anilines is 1. The average molecular weight is 716 g/mol.